The van der Waals surface area contributed by atoms with Crippen LogP contribution in [0.15, 0.2) is 164 Å². The van der Waals surface area contributed by atoms with E-state index in [1.807, 2.05) is 23.5 Å². The van der Waals surface area contributed by atoms with Gasteiger partial charge in [-0.25, -0.2) is 9.97 Å². The average Bonchev–Trinajstić information content (AvgIpc) is 3.74. The molecule has 3 nitrogen and oxygen atoms in total. The Bertz CT molecular complexity index is 2830. The molecule has 0 saturated heterocycles. The third-order valence-electron chi connectivity index (χ3n) is 9.40. The monoisotopic (exact) mass is 629 g/mol. The zero-order valence-electron chi connectivity index (χ0n) is 25.8. The molecule has 0 saturated carbocycles. The molecule has 0 N–H and O–H groups in total. The van der Waals surface area contributed by atoms with E-state index in [1.165, 1.54) is 36.3 Å². The normalized spacial score (nSPS) is 11.8. The summed E-state index contributed by atoms with van der Waals surface area (Å²) >= 11 is 1.86. The average molecular weight is 630 g/mol. The SMILES string of the molecule is c1ccc(-n2c(-c3ccc(-c4cccc(-c5nc6ccccc6c6ccc7c8ccccc8sc7c56)c4)cc3)nc3ccccc32)cc1. The van der Waals surface area contributed by atoms with Gasteiger partial charge in [0.05, 0.1) is 22.2 Å². The van der Waals surface area contributed by atoms with Crippen LogP contribution in [0.1, 0.15) is 0 Å². The van der Waals surface area contributed by atoms with E-state index in [0.29, 0.717) is 0 Å². The predicted molar refractivity (Wildman–Crippen MR) is 203 cm³/mol. The molecule has 7 aromatic carbocycles. The second-order valence-electron chi connectivity index (χ2n) is 12.2. The van der Waals surface area contributed by atoms with Crippen molar-refractivity contribution in [2.75, 3.05) is 0 Å². The van der Waals surface area contributed by atoms with Gasteiger partial charge in [0, 0.05) is 47.8 Å². The molecular weight excluding hydrogens is 603 g/mol. The zero-order chi connectivity index (χ0) is 31.6. The first-order valence-corrected chi connectivity index (χ1v) is 17.0. The molecule has 0 aliphatic heterocycles. The zero-order valence-corrected chi connectivity index (χ0v) is 26.7. The molecule has 0 unspecified atom stereocenters. The highest BCUT2D eigenvalue weighted by Gasteiger charge is 2.18. The number of fused-ring (bicyclic) bond motifs is 8. The molecule has 0 amide bonds. The summed E-state index contributed by atoms with van der Waals surface area (Å²) < 4.78 is 4.84. The molecule has 10 aromatic rings. The Labute approximate surface area is 281 Å². The van der Waals surface area contributed by atoms with Crippen LogP contribution in [0, 0.1) is 0 Å². The fourth-order valence-corrected chi connectivity index (χ4v) is 8.40. The van der Waals surface area contributed by atoms with E-state index in [4.69, 9.17) is 9.97 Å². The van der Waals surface area contributed by atoms with Crippen LogP contribution >= 0.6 is 11.3 Å². The van der Waals surface area contributed by atoms with Crippen molar-refractivity contribution in [3.8, 4) is 39.5 Å². The lowest BCUT2D eigenvalue weighted by atomic mass is 9.95. The largest absolute Gasteiger partial charge is 0.292 e. The molecule has 3 aromatic heterocycles. The van der Waals surface area contributed by atoms with Gasteiger partial charge in [0.2, 0.25) is 0 Å². The standard InChI is InChI=1S/C44H27N3S/c1-2-13-32(14-3-1)47-39-19-8-7-18-38(39)46-44(47)29-23-21-28(22-24-29)30-11-10-12-31(27-30)42-41-35(33-15-4-6-17-37(33)45-42)25-26-36-34-16-5-9-20-40(34)48-43(36)41/h1-27H. The number of hydrogen-bond donors (Lipinski definition) is 0. The van der Waals surface area contributed by atoms with Crippen LogP contribution in [0.4, 0.5) is 0 Å². The second kappa shape index (κ2) is 10.7. The van der Waals surface area contributed by atoms with Gasteiger partial charge in [0.15, 0.2) is 0 Å². The number of benzene rings is 7. The van der Waals surface area contributed by atoms with Crippen LogP contribution in [0.3, 0.4) is 0 Å². The number of imidazole rings is 1. The van der Waals surface area contributed by atoms with Gasteiger partial charge in [-0.3, -0.25) is 4.57 Å². The van der Waals surface area contributed by atoms with Gasteiger partial charge in [0.25, 0.3) is 0 Å². The van der Waals surface area contributed by atoms with E-state index >= 15 is 0 Å². The lowest BCUT2D eigenvalue weighted by Crippen LogP contribution is -1.97. The minimum absolute atomic E-state index is 0.932. The van der Waals surface area contributed by atoms with Gasteiger partial charge >= 0.3 is 0 Å². The van der Waals surface area contributed by atoms with E-state index in [9.17, 15) is 0 Å². The van der Waals surface area contributed by atoms with Crippen molar-refractivity contribution in [2.45, 2.75) is 0 Å². The Morgan fingerprint density at radius 3 is 2.00 bits per heavy atom. The lowest BCUT2D eigenvalue weighted by Gasteiger charge is -2.13. The molecule has 4 heteroatoms. The van der Waals surface area contributed by atoms with E-state index < -0.39 is 0 Å². The molecule has 0 aliphatic carbocycles. The number of aromatic nitrogens is 3. The fourth-order valence-electron chi connectivity index (χ4n) is 7.15. The van der Waals surface area contributed by atoms with Crippen LogP contribution in [0.5, 0.6) is 0 Å². The molecule has 10 rings (SSSR count). The van der Waals surface area contributed by atoms with Gasteiger partial charge in [-0.2, -0.15) is 0 Å². The maximum absolute atomic E-state index is 5.34. The van der Waals surface area contributed by atoms with Crippen LogP contribution < -0.4 is 0 Å². The number of pyridine rings is 1. The second-order valence-corrected chi connectivity index (χ2v) is 13.2. The first kappa shape index (κ1) is 27.1. The van der Waals surface area contributed by atoms with Gasteiger partial charge in [-0.05, 0) is 59.0 Å². The first-order valence-electron chi connectivity index (χ1n) is 16.2. The van der Waals surface area contributed by atoms with Crippen molar-refractivity contribution >= 4 is 64.2 Å². The number of nitrogens with zero attached hydrogens (tertiary/aromatic N) is 3. The van der Waals surface area contributed by atoms with Gasteiger partial charge < -0.3 is 0 Å². The molecule has 0 atom stereocenters. The van der Waals surface area contributed by atoms with Crippen LogP contribution in [-0.4, -0.2) is 14.5 Å². The summed E-state index contributed by atoms with van der Waals surface area (Å²) in [6, 6.07) is 58.2. The number of para-hydroxylation sites is 4. The number of hydrogen-bond acceptors (Lipinski definition) is 3. The van der Waals surface area contributed by atoms with E-state index in [2.05, 4.69) is 156 Å². The maximum atomic E-state index is 5.34. The van der Waals surface area contributed by atoms with Crippen LogP contribution in [0.25, 0.3) is 92.3 Å². The molecule has 0 radical (unpaired) electrons. The fraction of sp³-hybridized carbons (Fsp3) is 0. The van der Waals surface area contributed by atoms with Crippen molar-refractivity contribution < 1.29 is 0 Å². The van der Waals surface area contributed by atoms with Crippen molar-refractivity contribution in [3.63, 3.8) is 0 Å². The molecule has 0 fully saturated rings. The lowest BCUT2D eigenvalue weighted by molar-refractivity contribution is 1.10. The summed E-state index contributed by atoms with van der Waals surface area (Å²) in [4.78, 5) is 10.4. The van der Waals surface area contributed by atoms with Crippen LogP contribution in [-0.2, 0) is 0 Å². The highest BCUT2D eigenvalue weighted by Crippen LogP contribution is 2.44. The third-order valence-corrected chi connectivity index (χ3v) is 10.6. The Balaban J connectivity index is 1.12. The molecule has 0 bridgehead atoms. The Kier molecular flexibility index (Phi) is 6.05. The van der Waals surface area contributed by atoms with E-state index in [0.717, 1.165) is 56.0 Å². The quantitative estimate of drug-likeness (QED) is 0.181. The molecule has 224 valence electrons. The van der Waals surface area contributed by atoms with Crippen molar-refractivity contribution in [3.05, 3.63) is 164 Å². The molecule has 0 aliphatic rings. The molecule has 48 heavy (non-hydrogen) atoms. The summed E-state index contributed by atoms with van der Waals surface area (Å²) in [5.74, 6) is 0.932. The van der Waals surface area contributed by atoms with Crippen molar-refractivity contribution in [1.82, 2.24) is 14.5 Å². The van der Waals surface area contributed by atoms with Gasteiger partial charge in [-0.15, -0.1) is 11.3 Å². The molecule has 0 spiro atoms. The van der Waals surface area contributed by atoms with E-state index in [1.54, 1.807) is 0 Å². The Morgan fingerprint density at radius 2 is 1.12 bits per heavy atom. The van der Waals surface area contributed by atoms with Crippen LogP contribution in [0.2, 0.25) is 0 Å². The minimum atomic E-state index is 0.932. The minimum Gasteiger partial charge on any atom is -0.292 e. The highest BCUT2D eigenvalue weighted by molar-refractivity contribution is 7.26. The highest BCUT2D eigenvalue weighted by atomic mass is 32.1. The molecule has 3 heterocycles. The number of thiophene rings is 1. The Hall–Kier alpha value is -6.10. The Morgan fingerprint density at radius 1 is 0.438 bits per heavy atom. The number of rotatable bonds is 4. The summed E-state index contributed by atoms with van der Waals surface area (Å²) in [6.07, 6.45) is 0. The summed E-state index contributed by atoms with van der Waals surface area (Å²) in [5.41, 5.74) is 9.71. The predicted octanol–water partition coefficient (Wildman–Crippen LogP) is 12.1. The summed E-state index contributed by atoms with van der Waals surface area (Å²) in [5, 5.41) is 6.23. The van der Waals surface area contributed by atoms with Crippen molar-refractivity contribution in [2.24, 2.45) is 0 Å². The van der Waals surface area contributed by atoms with E-state index in [-0.39, 0.29) is 0 Å². The smallest absolute Gasteiger partial charge is 0.145 e. The summed E-state index contributed by atoms with van der Waals surface area (Å²) in [7, 11) is 0. The topological polar surface area (TPSA) is 30.7 Å². The maximum Gasteiger partial charge on any atom is 0.145 e. The molecular formula is C44H27N3S. The van der Waals surface area contributed by atoms with Gasteiger partial charge in [-0.1, -0.05) is 121 Å². The third kappa shape index (κ3) is 4.20. The van der Waals surface area contributed by atoms with Gasteiger partial charge in [0.1, 0.15) is 5.82 Å². The first-order chi connectivity index (χ1) is 23.8. The summed E-state index contributed by atoms with van der Waals surface area (Å²) in [6.45, 7) is 0. The van der Waals surface area contributed by atoms with Crippen molar-refractivity contribution in [1.29, 1.82) is 0 Å².